The van der Waals surface area contributed by atoms with Gasteiger partial charge in [-0.25, -0.2) is 13.4 Å². The number of hydrogen-bond donors (Lipinski definition) is 1. The Morgan fingerprint density at radius 2 is 1.66 bits per heavy atom. The molecule has 7 nitrogen and oxygen atoms in total. The van der Waals surface area contributed by atoms with Gasteiger partial charge in [-0.2, -0.15) is 4.31 Å². The van der Waals surface area contributed by atoms with Crippen molar-refractivity contribution < 1.29 is 13.2 Å². The molecule has 0 radical (unpaired) electrons. The number of nitrogens with zero attached hydrogens (tertiary/aromatic N) is 3. The Labute approximate surface area is 187 Å². The molecule has 164 valence electrons. The Bertz CT molecular complexity index is 1320. The third-order valence-electron chi connectivity index (χ3n) is 5.27. The molecule has 0 aliphatic rings. The first-order valence-corrected chi connectivity index (χ1v) is 11.8. The highest BCUT2D eigenvalue weighted by Gasteiger charge is 2.22. The lowest BCUT2D eigenvalue weighted by Gasteiger charge is -2.18. The highest BCUT2D eigenvalue weighted by Crippen LogP contribution is 2.28. The van der Waals surface area contributed by atoms with E-state index in [4.69, 9.17) is 0 Å². The summed E-state index contributed by atoms with van der Waals surface area (Å²) in [5.74, 6) is -0.326. The molecule has 4 aromatic rings. The molecule has 0 fully saturated rings. The van der Waals surface area contributed by atoms with E-state index in [-0.39, 0.29) is 10.8 Å². The lowest BCUT2D eigenvalue weighted by Crippen LogP contribution is -2.30. The van der Waals surface area contributed by atoms with Crippen molar-refractivity contribution in [2.45, 2.75) is 18.7 Å². The summed E-state index contributed by atoms with van der Waals surface area (Å²) in [7, 11) is -3.57. The minimum absolute atomic E-state index is 0.169. The Morgan fingerprint density at radius 1 is 0.969 bits per heavy atom. The first kappa shape index (κ1) is 21.7. The number of benzene rings is 2. The van der Waals surface area contributed by atoms with Gasteiger partial charge >= 0.3 is 0 Å². The van der Waals surface area contributed by atoms with Crippen LogP contribution in [-0.4, -0.2) is 41.1 Å². The number of amides is 1. The molecular formula is C24H24N4O3S. The molecule has 0 saturated heterocycles. The van der Waals surface area contributed by atoms with Crippen molar-refractivity contribution >= 4 is 27.3 Å². The van der Waals surface area contributed by atoms with Crippen molar-refractivity contribution in [1.29, 1.82) is 0 Å². The number of anilines is 1. The first-order valence-electron chi connectivity index (χ1n) is 10.4. The summed E-state index contributed by atoms with van der Waals surface area (Å²) in [4.78, 5) is 17.7. The van der Waals surface area contributed by atoms with Crippen molar-refractivity contribution in [3.05, 3.63) is 84.7 Å². The fraction of sp³-hybridized carbons (Fsp3) is 0.167. The fourth-order valence-corrected chi connectivity index (χ4v) is 5.02. The number of sulfonamides is 1. The zero-order chi connectivity index (χ0) is 22.7. The van der Waals surface area contributed by atoms with Crippen LogP contribution in [0.15, 0.2) is 84.0 Å². The second-order valence-corrected chi connectivity index (χ2v) is 9.14. The number of carbonyl (C=O) groups excluding carboxylic acids is 1. The van der Waals surface area contributed by atoms with E-state index < -0.39 is 10.0 Å². The molecule has 0 aliphatic heterocycles. The number of carbonyl (C=O) groups is 1. The molecule has 1 amide bonds. The third-order valence-corrected chi connectivity index (χ3v) is 7.34. The van der Waals surface area contributed by atoms with Crippen molar-refractivity contribution in [3.8, 4) is 11.3 Å². The predicted molar refractivity (Wildman–Crippen MR) is 125 cm³/mol. The second-order valence-electron chi connectivity index (χ2n) is 7.21. The summed E-state index contributed by atoms with van der Waals surface area (Å²) in [5, 5.41) is 2.92. The van der Waals surface area contributed by atoms with E-state index in [0.717, 1.165) is 16.9 Å². The molecule has 0 spiro atoms. The van der Waals surface area contributed by atoms with E-state index in [1.165, 1.54) is 28.6 Å². The molecule has 2 aromatic heterocycles. The van der Waals surface area contributed by atoms with E-state index >= 15 is 0 Å². The van der Waals surface area contributed by atoms with Crippen molar-refractivity contribution in [2.75, 3.05) is 18.4 Å². The van der Waals surface area contributed by atoms with Gasteiger partial charge in [0.1, 0.15) is 5.65 Å². The molecule has 0 aliphatic carbocycles. The van der Waals surface area contributed by atoms with E-state index in [1.807, 2.05) is 59.3 Å². The van der Waals surface area contributed by atoms with Crippen molar-refractivity contribution in [2.24, 2.45) is 0 Å². The van der Waals surface area contributed by atoms with E-state index in [1.54, 1.807) is 13.8 Å². The molecule has 4 rings (SSSR count). The van der Waals surface area contributed by atoms with Crippen molar-refractivity contribution in [1.82, 2.24) is 13.7 Å². The zero-order valence-electron chi connectivity index (χ0n) is 17.9. The number of imidazole rings is 1. The number of hydrogen-bond acceptors (Lipinski definition) is 4. The summed E-state index contributed by atoms with van der Waals surface area (Å²) in [6.07, 6.45) is 3.83. The number of fused-ring (bicyclic) bond motifs is 1. The van der Waals surface area contributed by atoms with Gasteiger partial charge in [0.2, 0.25) is 10.0 Å². The van der Waals surface area contributed by atoms with Crippen LogP contribution in [0.4, 0.5) is 5.69 Å². The van der Waals surface area contributed by atoms with E-state index in [0.29, 0.717) is 24.3 Å². The molecule has 0 atom stereocenters. The number of rotatable bonds is 7. The summed E-state index contributed by atoms with van der Waals surface area (Å²) in [6, 6.07) is 19.2. The topological polar surface area (TPSA) is 83.8 Å². The standard InChI is InChI=1S/C24H24N4O3S/c1-3-28(4-2)32(30,31)19-14-12-18(13-15-19)24(29)26-21-10-6-5-9-20(21)22-17-27-16-8-7-11-23(27)25-22/h5-17H,3-4H2,1-2H3,(H,26,29). The molecule has 8 heteroatoms. The molecule has 0 saturated carbocycles. The number of para-hydroxylation sites is 1. The zero-order valence-corrected chi connectivity index (χ0v) is 18.7. The SMILES string of the molecule is CCN(CC)S(=O)(=O)c1ccc(C(=O)Nc2ccccc2-c2cn3ccccc3n2)cc1. The van der Waals surface area contributed by atoms with Gasteiger partial charge in [-0.3, -0.25) is 4.79 Å². The van der Waals surface area contributed by atoms with Gasteiger partial charge in [0.05, 0.1) is 16.3 Å². The predicted octanol–water partition coefficient (Wildman–Crippen LogP) is 4.28. The summed E-state index contributed by atoms with van der Waals surface area (Å²) < 4.78 is 28.6. The average Bonchev–Trinajstić information content (AvgIpc) is 3.24. The Morgan fingerprint density at radius 3 is 2.34 bits per heavy atom. The van der Waals surface area contributed by atoms with Crippen molar-refractivity contribution in [3.63, 3.8) is 0 Å². The number of nitrogens with one attached hydrogen (secondary N) is 1. The number of pyridine rings is 1. The molecule has 0 bridgehead atoms. The monoisotopic (exact) mass is 448 g/mol. The largest absolute Gasteiger partial charge is 0.321 e. The molecule has 32 heavy (non-hydrogen) atoms. The van der Waals surface area contributed by atoms with Crippen LogP contribution >= 0.6 is 0 Å². The van der Waals surface area contributed by atoms with Crippen LogP contribution in [0.2, 0.25) is 0 Å². The maximum atomic E-state index is 12.9. The quantitative estimate of drug-likeness (QED) is 0.457. The van der Waals surface area contributed by atoms with Crippen LogP contribution in [0.25, 0.3) is 16.9 Å². The van der Waals surface area contributed by atoms with E-state index in [2.05, 4.69) is 10.3 Å². The minimum atomic E-state index is -3.57. The fourth-order valence-electron chi connectivity index (χ4n) is 3.57. The van der Waals surface area contributed by atoms with E-state index in [9.17, 15) is 13.2 Å². The average molecular weight is 449 g/mol. The Balaban J connectivity index is 1.59. The summed E-state index contributed by atoms with van der Waals surface area (Å²) in [6.45, 7) is 4.37. The van der Waals surface area contributed by atoms with Gasteiger partial charge in [0, 0.05) is 36.6 Å². The smallest absolute Gasteiger partial charge is 0.255 e. The highest BCUT2D eigenvalue weighted by atomic mass is 32.2. The molecule has 2 heterocycles. The minimum Gasteiger partial charge on any atom is -0.321 e. The van der Waals surface area contributed by atoms with Crippen LogP contribution in [-0.2, 0) is 10.0 Å². The van der Waals surface area contributed by atoms with Gasteiger partial charge in [0.25, 0.3) is 5.91 Å². The maximum absolute atomic E-state index is 12.9. The first-order chi connectivity index (χ1) is 15.4. The Kier molecular flexibility index (Phi) is 6.07. The third kappa shape index (κ3) is 4.15. The Hall–Kier alpha value is -3.49. The number of aromatic nitrogens is 2. The van der Waals surface area contributed by atoms with Crippen LogP contribution in [0.1, 0.15) is 24.2 Å². The summed E-state index contributed by atoms with van der Waals surface area (Å²) in [5.41, 5.74) is 3.35. The second kappa shape index (κ2) is 8.94. The van der Waals surface area contributed by atoms with Crippen LogP contribution < -0.4 is 5.32 Å². The van der Waals surface area contributed by atoms with Crippen LogP contribution in [0, 0.1) is 0 Å². The molecular weight excluding hydrogens is 424 g/mol. The normalized spacial score (nSPS) is 11.7. The maximum Gasteiger partial charge on any atom is 0.255 e. The lowest BCUT2D eigenvalue weighted by atomic mass is 10.1. The van der Waals surface area contributed by atoms with Gasteiger partial charge in [-0.05, 0) is 42.5 Å². The van der Waals surface area contributed by atoms with Gasteiger partial charge < -0.3 is 9.72 Å². The van der Waals surface area contributed by atoms with Gasteiger partial charge in [-0.1, -0.05) is 38.1 Å². The molecule has 2 aromatic carbocycles. The van der Waals surface area contributed by atoms with Gasteiger partial charge in [-0.15, -0.1) is 0 Å². The lowest BCUT2D eigenvalue weighted by molar-refractivity contribution is 0.102. The highest BCUT2D eigenvalue weighted by molar-refractivity contribution is 7.89. The van der Waals surface area contributed by atoms with Crippen LogP contribution in [0.3, 0.4) is 0 Å². The molecule has 1 N–H and O–H groups in total. The summed E-state index contributed by atoms with van der Waals surface area (Å²) >= 11 is 0. The van der Waals surface area contributed by atoms with Gasteiger partial charge in [0.15, 0.2) is 0 Å². The van der Waals surface area contributed by atoms with Crippen LogP contribution in [0.5, 0.6) is 0 Å². The molecule has 0 unspecified atom stereocenters.